The number of carbonyl (C=O) groups is 1. The highest BCUT2D eigenvalue weighted by Crippen LogP contribution is 2.35. The number of fused-ring (bicyclic) bond motifs is 2. The highest BCUT2D eigenvalue weighted by Gasteiger charge is 2.30. The van der Waals surface area contributed by atoms with E-state index in [0.717, 1.165) is 12.1 Å². The lowest BCUT2D eigenvalue weighted by atomic mass is 9.98. The van der Waals surface area contributed by atoms with E-state index in [0.29, 0.717) is 5.56 Å². The molecular weight excluding hydrogens is 406 g/mol. The van der Waals surface area contributed by atoms with Crippen LogP contribution in [0, 0.1) is 41.2 Å². The number of carbonyl (C=O) groups excluding carboxylic acids is 1. The fourth-order valence-corrected chi connectivity index (χ4v) is 3.80. The van der Waals surface area contributed by atoms with Gasteiger partial charge in [-0.3, -0.25) is 9.59 Å². The minimum Gasteiger partial charge on any atom is -0.491 e. The molecule has 31 heavy (non-hydrogen) atoms. The number of nitrogens with one attached hydrogen (secondary N) is 2. The van der Waals surface area contributed by atoms with Crippen molar-refractivity contribution >= 4 is 16.8 Å². The molecule has 0 bridgehead atoms. The Balaban J connectivity index is 0.00000193. The monoisotopic (exact) mass is 424 g/mol. The second kappa shape index (κ2) is 7.54. The fraction of sp³-hybridized carbons (Fsp3) is 0.182. The topological polar surface area (TPSA) is 119 Å². The molecule has 1 atom stereocenters. The average Bonchev–Trinajstić information content (AvgIpc) is 3.14. The lowest BCUT2D eigenvalue weighted by molar-refractivity contribution is -0.121. The van der Waals surface area contributed by atoms with Crippen LogP contribution < -0.4 is 15.6 Å². The van der Waals surface area contributed by atoms with Crippen molar-refractivity contribution < 1.29 is 21.2 Å². The summed E-state index contributed by atoms with van der Waals surface area (Å²) in [5.74, 6) is -1.80. The molecule has 2 heterocycles. The molecule has 2 N–H and O–H groups in total. The number of aromatic amines is 1. The fourth-order valence-electron chi connectivity index (χ4n) is 3.80. The molecule has 0 saturated heterocycles. The number of hydrogen-bond donors (Lipinski definition) is 2. The number of nitrogens with zero attached hydrogens (tertiary/aromatic N) is 2. The third-order valence-corrected chi connectivity index (χ3v) is 5.26. The molecule has 4 rings (SSSR count). The van der Waals surface area contributed by atoms with Crippen molar-refractivity contribution in [1.82, 2.24) is 10.3 Å². The Morgan fingerprint density at radius 2 is 2.06 bits per heavy atom. The molecular formula is C22H18F2N4O3. The molecule has 9 heteroatoms. The molecule has 0 fully saturated rings. The first kappa shape index (κ1) is 20.0. The number of amides is 1. The van der Waals surface area contributed by atoms with Gasteiger partial charge in [0.1, 0.15) is 30.1 Å². The van der Waals surface area contributed by atoms with Crippen LogP contribution >= 0.6 is 0 Å². The number of hydrogen-bond acceptors (Lipinski definition) is 5. The highest BCUT2D eigenvalue weighted by atomic mass is 19.1. The van der Waals surface area contributed by atoms with Crippen molar-refractivity contribution in [1.29, 1.82) is 10.5 Å². The van der Waals surface area contributed by atoms with Gasteiger partial charge in [0, 0.05) is 13.8 Å². The zero-order chi connectivity index (χ0) is 22.3. The maximum Gasteiger partial charge on any atom is 0.252 e. The van der Waals surface area contributed by atoms with Crippen molar-refractivity contribution in [2.45, 2.75) is 19.4 Å². The van der Waals surface area contributed by atoms with E-state index in [1.807, 2.05) is 6.07 Å². The number of nitriles is 2. The maximum atomic E-state index is 14.4. The summed E-state index contributed by atoms with van der Waals surface area (Å²) in [4.78, 5) is 27.7. The second-order valence-corrected chi connectivity index (χ2v) is 7.10. The van der Waals surface area contributed by atoms with Crippen LogP contribution in [0.2, 0.25) is 0 Å². The van der Waals surface area contributed by atoms with Gasteiger partial charge in [0.2, 0.25) is 5.91 Å². The number of ether oxygens (including phenoxy) is 1. The van der Waals surface area contributed by atoms with Crippen LogP contribution in [0.4, 0.5) is 8.78 Å². The van der Waals surface area contributed by atoms with Gasteiger partial charge in [-0.05, 0) is 36.8 Å². The molecule has 0 unspecified atom stereocenters. The molecule has 1 aromatic heterocycles. The number of benzene rings is 2. The van der Waals surface area contributed by atoms with Gasteiger partial charge in [-0.15, -0.1) is 0 Å². The lowest BCUT2D eigenvalue weighted by Gasteiger charge is -2.14. The Morgan fingerprint density at radius 3 is 2.77 bits per heavy atom. The van der Waals surface area contributed by atoms with E-state index in [1.165, 1.54) is 19.1 Å². The van der Waals surface area contributed by atoms with Gasteiger partial charge >= 0.3 is 0 Å². The molecule has 0 aliphatic carbocycles. The minimum absolute atomic E-state index is 0. The quantitative estimate of drug-likeness (QED) is 0.670. The molecule has 1 aliphatic heterocycles. The van der Waals surface area contributed by atoms with Crippen molar-refractivity contribution in [3.63, 3.8) is 0 Å². The largest absolute Gasteiger partial charge is 0.491 e. The first-order valence-electron chi connectivity index (χ1n) is 9.23. The summed E-state index contributed by atoms with van der Waals surface area (Å²) in [6.07, 6.45) is -0.359. The van der Waals surface area contributed by atoms with Gasteiger partial charge in [-0.1, -0.05) is 0 Å². The molecule has 0 saturated carbocycles. The molecule has 1 aliphatic rings. The Bertz CT molecular complexity index is 1410. The summed E-state index contributed by atoms with van der Waals surface area (Å²) < 4.78 is 33.8. The van der Waals surface area contributed by atoms with Crippen molar-refractivity contribution in [2.75, 3.05) is 6.61 Å². The Morgan fingerprint density at radius 1 is 1.29 bits per heavy atom. The van der Waals surface area contributed by atoms with Gasteiger partial charge in [-0.2, -0.15) is 10.5 Å². The smallest absolute Gasteiger partial charge is 0.252 e. The van der Waals surface area contributed by atoms with Crippen LogP contribution in [0.25, 0.3) is 10.9 Å². The number of aromatic nitrogens is 1. The summed E-state index contributed by atoms with van der Waals surface area (Å²) in [6, 6.07) is 7.72. The van der Waals surface area contributed by atoms with Gasteiger partial charge < -0.3 is 15.0 Å². The van der Waals surface area contributed by atoms with E-state index in [4.69, 9.17) is 10.00 Å². The molecule has 7 nitrogen and oxygen atoms in total. The first-order chi connectivity index (χ1) is 14.8. The van der Waals surface area contributed by atoms with E-state index in [2.05, 4.69) is 10.3 Å². The molecule has 0 spiro atoms. The van der Waals surface area contributed by atoms with Gasteiger partial charge in [0.15, 0.2) is 0 Å². The van der Waals surface area contributed by atoms with Crippen LogP contribution in [0.15, 0.2) is 29.1 Å². The molecule has 158 valence electrons. The maximum absolute atomic E-state index is 14.4. The third kappa shape index (κ3) is 3.36. The first-order valence-corrected chi connectivity index (χ1v) is 9.23. The Kier molecular flexibility index (Phi) is 4.88. The number of H-pyrrole nitrogens is 1. The van der Waals surface area contributed by atoms with E-state index < -0.39 is 29.1 Å². The van der Waals surface area contributed by atoms with E-state index in [9.17, 15) is 23.6 Å². The zero-order valence-corrected chi connectivity index (χ0v) is 16.2. The summed E-state index contributed by atoms with van der Waals surface area (Å²) >= 11 is 0. The number of halogens is 2. The summed E-state index contributed by atoms with van der Waals surface area (Å²) in [6.45, 7) is 1.52. The molecule has 2 aromatic carbocycles. The van der Waals surface area contributed by atoms with Gasteiger partial charge in [0.05, 0.1) is 40.7 Å². The van der Waals surface area contributed by atoms with Gasteiger partial charge in [0.25, 0.3) is 5.56 Å². The molecule has 3 aromatic rings. The summed E-state index contributed by atoms with van der Waals surface area (Å²) in [5, 5.41) is 21.1. The zero-order valence-electron chi connectivity index (χ0n) is 16.2. The number of aryl methyl sites for hydroxylation is 1. The SMILES string of the molecule is Cc1c(CC(=O)N[C@H]2COc3cc(C#N)cc(F)c32)c(=O)[nH]c2ccc(F)c(C#N)c12.[HH].[HH]. The molecule has 1 amide bonds. The van der Waals surface area contributed by atoms with Crippen LogP contribution in [-0.2, 0) is 11.2 Å². The van der Waals surface area contributed by atoms with Crippen molar-refractivity contribution in [3.05, 3.63) is 74.1 Å². The van der Waals surface area contributed by atoms with Crippen LogP contribution in [-0.4, -0.2) is 17.5 Å². The van der Waals surface area contributed by atoms with Crippen LogP contribution in [0.3, 0.4) is 0 Å². The van der Waals surface area contributed by atoms with Crippen molar-refractivity contribution in [3.8, 4) is 17.9 Å². The van der Waals surface area contributed by atoms with Crippen molar-refractivity contribution in [2.24, 2.45) is 0 Å². The normalized spacial score (nSPS) is 14.4. The van der Waals surface area contributed by atoms with Gasteiger partial charge in [-0.25, -0.2) is 8.78 Å². The summed E-state index contributed by atoms with van der Waals surface area (Å²) in [5.41, 5.74) is 0.153. The van der Waals surface area contributed by atoms with E-state index in [1.54, 1.807) is 6.07 Å². The third-order valence-electron chi connectivity index (χ3n) is 5.26. The standard InChI is InChI=1S/C22H14F2N4O3.2H2/c1-10-12(22(30)28-16-3-2-14(23)13(8-26)20(10)16)6-19(29)27-17-9-31-18-5-11(7-25)4-15(24)21(17)18;;/h2-5,17H,6,9H2,1H3,(H,27,29)(H,28,30);2*1H/t17-;;/m0../s1. The Hall–Kier alpha value is -4.24. The summed E-state index contributed by atoms with van der Waals surface area (Å²) in [7, 11) is 0. The van der Waals surface area contributed by atoms with Crippen LogP contribution in [0.1, 0.15) is 36.7 Å². The average molecular weight is 424 g/mol. The van der Waals surface area contributed by atoms with E-state index >= 15 is 0 Å². The lowest BCUT2D eigenvalue weighted by Crippen LogP contribution is -2.33. The minimum atomic E-state index is -0.790. The second-order valence-electron chi connectivity index (χ2n) is 7.10. The number of pyridine rings is 1. The highest BCUT2D eigenvalue weighted by molar-refractivity contribution is 5.90. The molecule has 0 radical (unpaired) electrons. The predicted octanol–water partition coefficient (Wildman–Crippen LogP) is 3.14. The van der Waals surface area contributed by atoms with E-state index in [-0.39, 0.29) is 54.8 Å². The van der Waals surface area contributed by atoms with Crippen LogP contribution in [0.5, 0.6) is 5.75 Å². The number of rotatable bonds is 3. The predicted molar refractivity (Wildman–Crippen MR) is 109 cm³/mol. The Labute approximate surface area is 177 Å².